The third-order valence-corrected chi connectivity index (χ3v) is 4.73. The molecule has 0 radical (unpaired) electrons. The first kappa shape index (κ1) is 19.8. The fourth-order valence-electron chi connectivity index (χ4n) is 3.49. The van der Waals surface area contributed by atoms with Crippen molar-refractivity contribution in [3.63, 3.8) is 0 Å². The van der Waals surface area contributed by atoms with Crippen molar-refractivity contribution in [3.8, 4) is 0 Å². The average Bonchev–Trinajstić information content (AvgIpc) is 2.87. The zero-order chi connectivity index (χ0) is 19.4. The molecule has 0 bridgehead atoms. The Morgan fingerprint density at radius 3 is 2.27 bits per heavy atom. The molecule has 0 saturated carbocycles. The maximum atomic E-state index is 13.4. The van der Waals surface area contributed by atoms with E-state index in [1.54, 1.807) is 11.8 Å². The number of hydrogen-bond acceptors (Lipinski definition) is 3. The van der Waals surface area contributed by atoms with Gasteiger partial charge in [-0.3, -0.25) is 4.79 Å². The minimum Gasteiger partial charge on any atom is -0.461 e. The van der Waals surface area contributed by atoms with E-state index in [4.69, 9.17) is 4.74 Å². The number of aromatic nitrogens is 1. The van der Waals surface area contributed by atoms with E-state index in [0.29, 0.717) is 36.5 Å². The number of hydrogen-bond donors (Lipinski definition) is 0. The van der Waals surface area contributed by atoms with Gasteiger partial charge < -0.3 is 14.2 Å². The molecule has 0 unspecified atom stereocenters. The van der Waals surface area contributed by atoms with E-state index in [9.17, 15) is 9.59 Å². The van der Waals surface area contributed by atoms with Crippen molar-refractivity contribution in [1.29, 1.82) is 0 Å². The van der Waals surface area contributed by atoms with Gasteiger partial charge in [0.25, 0.3) is 5.91 Å². The van der Waals surface area contributed by atoms with E-state index in [-0.39, 0.29) is 11.9 Å². The topological polar surface area (TPSA) is 51.5 Å². The number of esters is 1. The molecule has 0 N–H and O–H groups in total. The summed E-state index contributed by atoms with van der Waals surface area (Å²) in [5.74, 6) is -0.470. The van der Waals surface area contributed by atoms with E-state index in [0.717, 1.165) is 16.9 Å². The summed E-state index contributed by atoms with van der Waals surface area (Å²) in [6, 6.07) is 7.83. The van der Waals surface area contributed by atoms with E-state index in [2.05, 4.69) is 0 Å². The van der Waals surface area contributed by atoms with Gasteiger partial charge in [-0.05, 0) is 58.7 Å². The normalized spacial score (nSPS) is 10.7. The molecule has 1 heterocycles. The van der Waals surface area contributed by atoms with Crippen molar-refractivity contribution in [3.05, 3.63) is 52.3 Å². The maximum Gasteiger partial charge on any atom is 0.355 e. The number of anilines is 1. The maximum absolute atomic E-state index is 13.4. The first-order chi connectivity index (χ1) is 12.4. The van der Waals surface area contributed by atoms with Crippen LogP contribution in [0.15, 0.2) is 24.3 Å². The molecule has 0 atom stereocenters. The Hall–Kier alpha value is -2.56. The summed E-state index contributed by atoms with van der Waals surface area (Å²) in [7, 11) is 0. The van der Waals surface area contributed by atoms with Crippen molar-refractivity contribution in [2.75, 3.05) is 18.1 Å². The number of para-hydroxylation sites is 1. The van der Waals surface area contributed by atoms with Crippen LogP contribution in [-0.2, 0) is 11.3 Å². The van der Waals surface area contributed by atoms with Crippen molar-refractivity contribution in [2.45, 2.75) is 48.1 Å². The van der Waals surface area contributed by atoms with Crippen molar-refractivity contribution < 1.29 is 14.3 Å². The van der Waals surface area contributed by atoms with Crippen LogP contribution in [0.5, 0.6) is 0 Å². The van der Waals surface area contributed by atoms with E-state index < -0.39 is 0 Å². The summed E-state index contributed by atoms with van der Waals surface area (Å²) < 4.78 is 7.07. The van der Waals surface area contributed by atoms with Crippen LogP contribution in [0.25, 0.3) is 0 Å². The molecule has 0 saturated heterocycles. The zero-order valence-corrected chi connectivity index (χ0v) is 16.5. The Morgan fingerprint density at radius 1 is 1.08 bits per heavy atom. The molecule has 26 heavy (non-hydrogen) atoms. The summed E-state index contributed by atoms with van der Waals surface area (Å²) in [6.45, 7) is 12.9. The Kier molecular flexibility index (Phi) is 6.24. The lowest BCUT2D eigenvalue weighted by Gasteiger charge is -2.23. The first-order valence-electron chi connectivity index (χ1n) is 9.13. The minimum absolute atomic E-state index is 0.0884. The number of aryl methyl sites for hydroxylation is 1. The van der Waals surface area contributed by atoms with Crippen LogP contribution in [0.1, 0.15) is 58.4 Å². The molecule has 5 nitrogen and oxygen atoms in total. The van der Waals surface area contributed by atoms with E-state index in [1.165, 1.54) is 0 Å². The van der Waals surface area contributed by atoms with Gasteiger partial charge in [-0.15, -0.1) is 0 Å². The molecule has 2 rings (SSSR count). The van der Waals surface area contributed by atoms with Crippen molar-refractivity contribution in [2.24, 2.45) is 0 Å². The number of ether oxygens (including phenoxy) is 1. The molecule has 2 aromatic rings. The minimum atomic E-state index is -0.382. The third kappa shape index (κ3) is 3.39. The van der Waals surface area contributed by atoms with E-state index in [1.807, 2.05) is 63.5 Å². The number of amides is 1. The molecule has 0 aliphatic rings. The molecule has 5 heteroatoms. The van der Waals surface area contributed by atoms with Crippen LogP contribution in [0.4, 0.5) is 5.69 Å². The molecule has 0 aliphatic heterocycles. The lowest BCUT2D eigenvalue weighted by molar-refractivity contribution is 0.0512. The average molecular weight is 356 g/mol. The van der Waals surface area contributed by atoms with Gasteiger partial charge in [-0.25, -0.2) is 4.79 Å². The van der Waals surface area contributed by atoms with Gasteiger partial charge in [-0.1, -0.05) is 18.2 Å². The number of carbonyl (C=O) groups is 2. The second-order valence-corrected chi connectivity index (χ2v) is 6.23. The Labute approximate surface area is 155 Å². The summed E-state index contributed by atoms with van der Waals surface area (Å²) >= 11 is 0. The smallest absolute Gasteiger partial charge is 0.355 e. The van der Waals surface area contributed by atoms with Gasteiger partial charge in [-0.2, -0.15) is 0 Å². The molecular weight excluding hydrogens is 328 g/mol. The second-order valence-electron chi connectivity index (χ2n) is 6.23. The highest BCUT2D eigenvalue weighted by Gasteiger charge is 2.29. The summed E-state index contributed by atoms with van der Waals surface area (Å²) in [5.41, 5.74) is 4.46. The van der Waals surface area contributed by atoms with Crippen LogP contribution in [0.3, 0.4) is 0 Å². The SMILES string of the molecule is CCOC(=O)c1c(C)c(C(=O)N(CC)c2ccccc2C)c(C)n1CC. The number of rotatable bonds is 6. The highest BCUT2D eigenvalue weighted by molar-refractivity contribution is 6.10. The van der Waals surface area contributed by atoms with Gasteiger partial charge in [0.2, 0.25) is 0 Å². The molecule has 1 aromatic carbocycles. The van der Waals surface area contributed by atoms with Crippen LogP contribution in [-0.4, -0.2) is 29.6 Å². The van der Waals surface area contributed by atoms with Gasteiger partial charge in [0.05, 0.1) is 12.2 Å². The fourth-order valence-corrected chi connectivity index (χ4v) is 3.49. The van der Waals surface area contributed by atoms with Crippen molar-refractivity contribution >= 4 is 17.6 Å². The lowest BCUT2D eigenvalue weighted by Crippen LogP contribution is -2.32. The van der Waals surface area contributed by atoms with Crippen LogP contribution in [0, 0.1) is 20.8 Å². The van der Waals surface area contributed by atoms with Crippen LogP contribution < -0.4 is 4.90 Å². The van der Waals surface area contributed by atoms with Gasteiger partial charge in [0, 0.05) is 24.5 Å². The molecule has 140 valence electrons. The predicted molar refractivity (Wildman–Crippen MR) is 104 cm³/mol. The number of benzene rings is 1. The van der Waals surface area contributed by atoms with Crippen molar-refractivity contribution in [1.82, 2.24) is 4.57 Å². The quantitative estimate of drug-likeness (QED) is 0.726. The number of nitrogens with zero attached hydrogens (tertiary/aromatic N) is 2. The molecular formula is C21H28N2O3. The van der Waals surface area contributed by atoms with Gasteiger partial charge in [0.15, 0.2) is 0 Å². The predicted octanol–water partition coefficient (Wildman–Crippen LogP) is 4.28. The van der Waals surface area contributed by atoms with Crippen LogP contribution in [0.2, 0.25) is 0 Å². The van der Waals surface area contributed by atoms with Gasteiger partial charge in [0.1, 0.15) is 5.69 Å². The van der Waals surface area contributed by atoms with E-state index >= 15 is 0 Å². The first-order valence-corrected chi connectivity index (χ1v) is 9.13. The van der Waals surface area contributed by atoms with Crippen LogP contribution >= 0.6 is 0 Å². The molecule has 1 amide bonds. The molecule has 0 spiro atoms. The second kappa shape index (κ2) is 8.21. The monoisotopic (exact) mass is 356 g/mol. The lowest BCUT2D eigenvalue weighted by atomic mass is 10.1. The highest BCUT2D eigenvalue weighted by Crippen LogP contribution is 2.28. The summed E-state index contributed by atoms with van der Waals surface area (Å²) in [6.07, 6.45) is 0. The summed E-state index contributed by atoms with van der Waals surface area (Å²) in [5, 5.41) is 0. The zero-order valence-electron chi connectivity index (χ0n) is 16.5. The highest BCUT2D eigenvalue weighted by atomic mass is 16.5. The fraction of sp³-hybridized carbons (Fsp3) is 0.429. The Balaban J connectivity index is 2.58. The summed E-state index contributed by atoms with van der Waals surface area (Å²) in [4.78, 5) is 27.6. The third-order valence-electron chi connectivity index (χ3n) is 4.73. The number of carbonyl (C=O) groups excluding carboxylic acids is 2. The standard InChI is InChI=1S/C21H28N2O3/c1-7-22-16(6)18(15(5)19(22)21(25)26-9-3)20(24)23(8-2)17-13-11-10-12-14(17)4/h10-13H,7-9H2,1-6H3. The Bertz CT molecular complexity index is 821. The molecule has 0 aliphatic carbocycles. The van der Waals surface area contributed by atoms with Gasteiger partial charge >= 0.3 is 5.97 Å². The Morgan fingerprint density at radius 2 is 1.73 bits per heavy atom. The molecule has 1 aromatic heterocycles. The largest absolute Gasteiger partial charge is 0.461 e. The molecule has 0 fully saturated rings.